The van der Waals surface area contributed by atoms with Crippen LogP contribution in [0.5, 0.6) is 0 Å². The Morgan fingerprint density at radius 3 is 2.63 bits per heavy atom. The third-order valence-corrected chi connectivity index (χ3v) is 7.56. The van der Waals surface area contributed by atoms with E-state index in [-0.39, 0.29) is 0 Å². The quantitative estimate of drug-likeness (QED) is 0.387. The van der Waals surface area contributed by atoms with Crippen molar-refractivity contribution >= 4 is 40.3 Å². The number of hydrogen-bond donors (Lipinski definition) is 1. The number of nitrogens with one attached hydrogen (secondary N) is 1. The van der Waals surface area contributed by atoms with Gasteiger partial charge in [-0.2, -0.15) is 0 Å². The molecule has 2 aliphatic heterocycles. The van der Waals surface area contributed by atoms with E-state index in [0.717, 1.165) is 23.6 Å². The number of hydrogen-bond acceptors (Lipinski definition) is 4. The highest BCUT2D eigenvalue weighted by Crippen LogP contribution is 2.49. The van der Waals surface area contributed by atoms with Crippen molar-refractivity contribution in [3.8, 4) is 0 Å². The van der Waals surface area contributed by atoms with Crippen LogP contribution in [0.1, 0.15) is 51.5 Å². The molecule has 1 fully saturated rings. The molecule has 2 aliphatic rings. The monoisotopic (exact) mass is 439 g/mol. The number of rotatable bonds is 8. The Morgan fingerprint density at radius 2 is 1.83 bits per heavy atom. The summed E-state index contributed by atoms with van der Waals surface area (Å²) in [4.78, 5) is 8.68. The zero-order chi connectivity index (χ0) is 20.9. The van der Waals surface area contributed by atoms with Gasteiger partial charge in [0.25, 0.3) is 0 Å². The van der Waals surface area contributed by atoms with Gasteiger partial charge in [-0.25, -0.2) is 0 Å². The minimum Gasteiger partial charge on any atom is -0.376 e. The Kier molecular flexibility index (Phi) is 7.34. The number of thiocarbonyl (C=S) groups is 1. The summed E-state index contributed by atoms with van der Waals surface area (Å²) in [5, 5.41) is 3.46. The summed E-state index contributed by atoms with van der Waals surface area (Å²) in [6.07, 6.45) is 6.31. The molecule has 0 unspecified atom stereocenters. The molecule has 160 valence electrons. The maximum absolute atomic E-state index is 5.73. The summed E-state index contributed by atoms with van der Waals surface area (Å²) in [5.74, 6) is 0. The van der Waals surface area contributed by atoms with Crippen LogP contribution in [-0.2, 0) is 0 Å². The third-order valence-electron chi connectivity index (χ3n) is 6.05. The zero-order valence-electron chi connectivity index (χ0n) is 18.2. The second-order valence-corrected chi connectivity index (χ2v) is 9.93. The number of likely N-dealkylation sites (tertiary alicyclic amines) is 1. The Balaban J connectivity index is 1.60. The van der Waals surface area contributed by atoms with Gasteiger partial charge in [0.05, 0.1) is 11.4 Å². The summed E-state index contributed by atoms with van der Waals surface area (Å²) in [6, 6.07) is 15.9. The van der Waals surface area contributed by atoms with Crippen molar-refractivity contribution in [1.29, 1.82) is 0 Å². The van der Waals surface area contributed by atoms with Crippen molar-refractivity contribution in [1.82, 2.24) is 10.2 Å². The van der Waals surface area contributed by atoms with Gasteiger partial charge in [-0.15, -0.1) is 0 Å². The molecule has 0 amide bonds. The van der Waals surface area contributed by atoms with Crippen LogP contribution in [0, 0.1) is 0 Å². The molecule has 0 saturated carbocycles. The van der Waals surface area contributed by atoms with Crippen molar-refractivity contribution in [3.63, 3.8) is 0 Å². The van der Waals surface area contributed by atoms with Gasteiger partial charge in [-0.3, -0.25) is 0 Å². The fraction of sp³-hybridized carbons (Fsp3) is 0.480. The molecule has 2 aromatic rings. The van der Waals surface area contributed by atoms with E-state index < -0.39 is 0 Å². The number of nitrogens with zero attached hydrogens (tertiary/aromatic N) is 2. The van der Waals surface area contributed by atoms with E-state index in [2.05, 4.69) is 71.4 Å². The molecule has 0 spiro atoms. The molecule has 0 aromatic heterocycles. The van der Waals surface area contributed by atoms with Crippen LogP contribution in [0.25, 0.3) is 0 Å². The van der Waals surface area contributed by atoms with E-state index in [0.29, 0.717) is 6.04 Å². The third kappa shape index (κ3) is 4.84. The molecule has 3 nitrogen and oxygen atoms in total. The minimum atomic E-state index is 0.408. The van der Waals surface area contributed by atoms with E-state index in [9.17, 15) is 0 Å². The second kappa shape index (κ2) is 10.2. The van der Waals surface area contributed by atoms with E-state index >= 15 is 0 Å². The molecule has 4 rings (SSSR count). The Labute approximate surface area is 191 Å². The fourth-order valence-electron chi connectivity index (χ4n) is 4.50. The Hall–Kier alpha value is -1.56. The van der Waals surface area contributed by atoms with E-state index in [1.54, 1.807) is 0 Å². The fourth-order valence-corrected chi connectivity index (χ4v) is 5.78. The van der Waals surface area contributed by atoms with E-state index in [4.69, 9.17) is 12.2 Å². The summed E-state index contributed by atoms with van der Waals surface area (Å²) in [6.45, 7) is 9.11. The largest absolute Gasteiger partial charge is 0.376 e. The van der Waals surface area contributed by atoms with E-state index in [1.165, 1.54) is 66.4 Å². The van der Waals surface area contributed by atoms with Gasteiger partial charge in [-0.05, 0) is 63.5 Å². The van der Waals surface area contributed by atoms with Crippen LogP contribution >= 0.6 is 24.0 Å². The Bertz CT molecular complexity index is 876. The van der Waals surface area contributed by atoms with Gasteiger partial charge in [0.2, 0.25) is 0 Å². The molecule has 1 saturated heterocycles. The van der Waals surface area contributed by atoms with Gasteiger partial charge < -0.3 is 15.1 Å². The first kappa shape index (κ1) is 21.7. The predicted molar refractivity (Wildman–Crippen MR) is 134 cm³/mol. The molecule has 0 aliphatic carbocycles. The van der Waals surface area contributed by atoms with Gasteiger partial charge in [0.15, 0.2) is 0 Å². The predicted octanol–water partition coefficient (Wildman–Crippen LogP) is 6.23. The standard InChI is InChI=1S/C25H33N3S2/c1-3-4-7-14-26-25(29)20-12-13-24-22(17-20)28(19(2)18-27-15-8-9-16-27)21-10-5-6-11-23(21)30-24/h5-6,10-13,17,19H,3-4,7-9,14-16,18H2,1-2H3,(H,26,29)/t19-/m1/s1. The van der Waals surface area contributed by atoms with Crippen LogP contribution < -0.4 is 10.2 Å². The van der Waals surface area contributed by atoms with Crippen LogP contribution in [-0.4, -0.2) is 42.1 Å². The molecular weight excluding hydrogens is 406 g/mol. The van der Waals surface area contributed by atoms with Crippen LogP contribution in [0.3, 0.4) is 0 Å². The zero-order valence-corrected chi connectivity index (χ0v) is 19.8. The average Bonchev–Trinajstić information content (AvgIpc) is 3.27. The molecule has 2 aromatic carbocycles. The summed E-state index contributed by atoms with van der Waals surface area (Å²) >= 11 is 7.60. The second-order valence-electron chi connectivity index (χ2n) is 8.44. The molecule has 30 heavy (non-hydrogen) atoms. The van der Waals surface area contributed by atoms with Crippen LogP contribution in [0.4, 0.5) is 11.4 Å². The van der Waals surface area contributed by atoms with Crippen LogP contribution in [0.2, 0.25) is 0 Å². The normalized spacial score (nSPS) is 16.8. The maximum Gasteiger partial charge on any atom is 0.106 e. The number of fused-ring (bicyclic) bond motifs is 2. The maximum atomic E-state index is 5.73. The summed E-state index contributed by atoms with van der Waals surface area (Å²) < 4.78 is 0. The summed E-state index contributed by atoms with van der Waals surface area (Å²) in [5.41, 5.74) is 3.74. The van der Waals surface area contributed by atoms with Gasteiger partial charge >= 0.3 is 0 Å². The number of anilines is 2. The minimum absolute atomic E-state index is 0.408. The lowest BCUT2D eigenvalue weighted by atomic mass is 10.1. The average molecular weight is 440 g/mol. The van der Waals surface area contributed by atoms with Crippen molar-refractivity contribution in [2.24, 2.45) is 0 Å². The van der Waals surface area contributed by atoms with Crippen molar-refractivity contribution in [2.75, 3.05) is 31.1 Å². The van der Waals surface area contributed by atoms with Gasteiger partial charge in [0, 0.05) is 34.5 Å². The highest BCUT2D eigenvalue weighted by Gasteiger charge is 2.29. The molecule has 0 radical (unpaired) electrons. The van der Waals surface area contributed by atoms with E-state index in [1.807, 2.05) is 11.8 Å². The lowest BCUT2D eigenvalue weighted by Gasteiger charge is -2.39. The topological polar surface area (TPSA) is 18.5 Å². The SMILES string of the molecule is CCCCCNC(=S)c1ccc2c(c1)N([C@H](C)CN1CCCC1)c1ccccc1S2. The number of para-hydroxylation sites is 1. The first-order chi connectivity index (χ1) is 14.7. The van der Waals surface area contributed by atoms with Crippen molar-refractivity contribution in [3.05, 3.63) is 48.0 Å². The smallest absolute Gasteiger partial charge is 0.106 e. The molecule has 1 atom stereocenters. The molecule has 0 bridgehead atoms. The first-order valence-electron chi connectivity index (χ1n) is 11.4. The summed E-state index contributed by atoms with van der Waals surface area (Å²) in [7, 11) is 0. The highest BCUT2D eigenvalue weighted by atomic mass is 32.2. The van der Waals surface area contributed by atoms with Gasteiger partial charge in [0.1, 0.15) is 4.99 Å². The lowest BCUT2D eigenvalue weighted by molar-refractivity contribution is 0.319. The van der Waals surface area contributed by atoms with Crippen LogP contribution in [0.15, 0.2) is 52.3 Å². The lowest BCUT2D eigenvalue weighted by Crippen LogP contribution is -2.40. The Morgan fingerprint density at radius 1 is 1.07 bits per heavy atom. The van der Waals surface area contributed by atoms with Crippen molar-refractivity contribution < 1.29 is 0 Å². The molecule has 5 heteroatoms. The molecular formula is C25H33N3S2. The highest BCUT2D eigenvalue weighted by molar-refractivity contribution is 7.99. The number of benzene rings is 2. The molecule has 2 heterocycles. The van der Waals surface area contributed by atoms with Gasteiger partial charge in [-0.1, -0.05) is 61.9 Å². The first-order valence-corrected chi connectivity index (χ1v) is 12.6. The number of unbranched alkanes of at least 4 members (excludes halogenated alkanes) is 2. The molecule has 1 N–H and O–H groups in total. The van der Waals surface area contributed by atoms with Crippen molar-refractivity contribution in [2.45, 2.75) is 61.8 Å².